The molecule has 9 heteroatoms. The van der Waals surface area contributed by atoms with E-state index in [0.29, 0.717) is 26.9 Å². The Labute approximate surface area is 165 Å². The zero-order valence-corrected chi connectivity index (χ0v) is 15.8. The standard InChI is InChI=1S/C19H16ClN3O5/c1-11-14(20)4-3-5-15(11)21-16(24)10-22-17(25)18(26)23(19(22)27)12-6-8-13(28-2)9-7-12/h3-9H,10H2,1-2H3,(H,21,24). The average Bonchev–Trinajstić information content (AvgIpc) is 2.89. The van der Waals surface area contributed by atoms with Crippen molar-refractivity contribution in [2.24, 2.45) is 0 Å². The molecule has 0 unspecified atom stereocenters. The van der Waals surface area contributed by atoms with Gasteiger partial charge in [0, 0.05) is 10.7 Å². The fourth-order valence-electron chi connectivity index (χ4n) is 2.68. The van der Waals surface area contributed by atoms with E-state index < -0.39 is 30.3 Å². The topological polar surface area (TPSA) is 96.0 Å². The molecule has 2 aromatic rings. The number of amides is 5. The van der Waals surface area contributed by atoms with Gasteiger partial charge in [-0.15, -0.1) is 0 Å². The fourth-order valence-corrected chi connectivity index (χ4v) is 2.85. The minimum absolute atomic E-state index is 0.206. The largest absolute Gasteiger partial charge is 0.497 e. The van der Waals surface area contributed by atoms with E-state index in [9.17, 15) is 19.2 Å². The summed E-state index contributed by atoms with van der Waals surface area (Å²) in [4.78, 5) is 50.7. The average molecular weight is 402 g/mol. The number of halogens is 1. The molecule has 28 heavy (non-hydrogen) atoms. The third-order valence-electron chi connectivity index (χ3n) is 4.23. The number of carbonyl (C=O) groups excluding carboxylic acids is 4. The van der Waals surface area contributed by atoms with E-state index in [1.165, 1.54) is 19.2 Å². The zero-order chi connectivity index (χ0) is 20.4. The van der Waals surface area contributed by atoms with E-state index in [-0.39, 0.29) is 5.69 Å². The lowest BCUT2D eigenvalue weighted by Crippen LogP contribution is -2.39. The van der Waals surface area contributed by atoms with Gasteiger partial charge < -0.3 is 10.1 Å². The normalized spacial score (nSPS) is 13.9. The maximum atomic E-state index is 12.6. The van der Waals surface area contributed by atoms with Gasteiger partial charge in [-0.05, 0) is 48.9 Å². The number of hydrogen-bond acceptors (Lipinski definition) is 5. The first kappa shape index (κ1) is 19.4. The molecule has 1 aliphatic rings. The van der Waals surface area contributed by atoms with Crippen LogP contribution in [0.3, 0.4) is 0 Å². The fraction of sp³-hybridized carbons (Fsp3) is 0.158. The van der Waals surface area contributed by atoms with E-state index in [1.807, 2.05) is 0 Å². The van der Waals surface area contributed by atoms with Crippen molar-refractivity contribution in [3.8, 4) is 5.75 Å². The number of benzene rings is 2. The van der Waals surface area contributed by atoms with Crippen molar-refractivity contribution in [1.29, 1.82) is 0 Å². The second kappa shape index (κ2) is 7.69. The molecule has 2 aromatic carbocycles. The van der Waals surface area contributed by atoms with Gasteiger partial charge in [0.2, 0.25) is 5.91 Å². The van der Waals surface area contributed by atoms with Crippen LogP contribution in [0.1, 0.15) is 5.56 Å². The van der Waals surface area contributed by atoms with Crippen LogP contribution < -0.4 is 15.0 Å². The van der Waals surface area contributed by atoms with Gasteiger partial charge in [-0.25, -0.2) is 14.6 Å². The Morgan fingerprint density at radius 3 is 2.39 bits per heavy atom. The highest BCUT2D eigenvalue weighted by atomic mass is 35.5. The third kappa shape index (κ3) is 3.54. The van der Waals surface area contributed by atoms with Crippen LogP contribution >= 0.6 is 11.6 Å². The molecule has 1 heterocycles. The summed E-state index contributed by atoms with van der Waals surface area (Å²) in [5.74, 6) is -2.19. The minimum atomic E-state index is -1.07. The van der Waals surface area contributed by atoms with Gasteiger partial charge in [0.1, 0.15) is 12.3 Å². The number of rotatable bonds is 5. The van der Waals surface area contributed by atoms with Crippen molar-refractivity contribution >= 4 is 46.7 Å². The van der Waals surface area contributed by atoms with Gasteiger partial charge in [0.05, 0.1) is 12.8 Å². The molecule has 5 amide bonds. The van der Waals surface area contributed by atoms with Gasteiger partial charge in [0.15, 0.2) is 0 Å². The van der Waals surface area contributed by atoms with E-state index in [1.54, 1.807) is 37.3 Å². The molecule has 0 bridgehead atoms. The molecule has 0 aromatic heterocycles. The summed E-state index contributed by atoms with van der Waals surface area (Å²) >= 11 is 6.01. The van der Waals surface area contributed by atoms with Crippen LogP contribution in [0.25, 0.3) is 0 Å². The number of hydrogen-bond donors (Lipinski definition) is 1. The molecule has 0 atom stereocenters. The molecule has 1 saturated heterocycles. The zero-order valence-electron chi connectivity index (χ0n) is 15.1. The number of methoxy groups -OCH3 is 1. The second-order valence-corrected chi connectivity index (χ2v) is 6.38. The lowest BCUT2D eigenvalue weighted by atomic mass is 10.2. The summed E-state index contributed by atoms with van der Waals surface area (Å²) in [5.41, 5.74) is 1.31. The molecule has 3 rings (SSSR count). The number of carbonyl (C=O) groups is 4. The second-order valence-electron chi connectivity index (χ2n) is 5.97. The highest BCUT2D eigenvalue weighted by Crippen LogP contribution is 2.25. The minimum Gasteiger partial charge on any atom is -0.497 e. The predicted molar refractivity (Wildman–Crippen MR) is 102 cm³/mol. The molecule has 1 aliphatic heterocycles. The summed E-state index contributed by atoms with van der Waals surface area (Å²) in [5, 5.41) is 3.05. The van der Waals surface area contributed by atoms with E-state index in [4.69, 9.17) is 16.3 Å². The Kier molecular flexibility index (Phi) is 5.32. The van der Waals surface area contributed by atoms with E-state index in [0.717, 1.165) is 4.90 Å². The molecule has 1 fully saturated rings. The summed E-state index contributed by atoms with van der Waals surface area (Å²) in [6, 6.07) is 10.1. The van der Waals surface area contributed by atoms with Crippen LogP contribution in [0, 0.1) is 6.92 Å². The maximum Gasteiger partial charge on any atom is 0.339 e. The molecule has 144 valence electrons. The Hall–Kier alpha value is -3.39. The Balaban J connectivity index is 1.76. The molecular weight excluding hydrogens is 386 g/mol. The van der Waals surface area contributed by atoms with Crippen molar-refractivity contribution in [2.45, 2.75) is 6.92 Å². The predicted octanol–water partition coefficient (Wildman–Crippen LogP) is 2.59. The quantitative estimate of drug-likeness (QED) is 0.613. The Bertz CT molecular complexity index is 974. The number of imide groups is 2. The van der Waals surface area contributed by atoms with Gasteiger partial charge in [-0.1, -0.05) is 17.7 Å². The van der Waals surface area contributed by atoms with Gasteiger partial charge in [-0.2, -0.15) is 0 Å². The monoisotopic (exact) mass is 401 g/mol. The molecule has 1 N–H and O–H groups in total. The van der Waals surface area contributed by atoms with Crippen molar-refractivity contribution in [1.82, 2.24) is 4.90 Å². The third-order valence-corrected chi connectivity index (χ3v) is 4.64. The van der Waals surface area contributed by atoms with Crippen molar-refractivity contribution in [3.05, 3.63) is 53.1 Å². The van der Waals surface area contributed by atoms with Gasteiger partial charge >= 0.3 is 17.8 Å². The van der Waals surface area contributed by atoms with Crippen LogP contribution in [-0.4, -0.2) is 42.3 Å². The summed E-state index contributed by atoms with van der Waals surface area (Å²) in [6.07, 6.45) is 0. The number of anilines is 2. The van der Waals surface area contributed by atoms with Crippen LogP contribution in [0.2, 0.25) is 5.02 Å². The number of urea groups is 1. The highest BCUT2D eigenvalue weighted by molar-refractivity contribution is 6.53. The molecule has 0 radical (unpaired) electrons. The van der Waals surface area contributed by atoms with E-state index >= 15 is 0 Å². The van der Waals surface area contributed by atoms with Crippen LogP contribution in [0.15, 0.2) is 42.5 Å². The smallest absolute Gasteiger partial charge is 0.339 e. The molecule has 8 nitrogen and oxygen atoms in total. The van der Waals surface area contributed by atoms with E-state index in [2.05, 4.69) is 5.32 Å². The molecule has 0 saturated carbocycles. The highest BCUT2D eigenvalue weighted by Gasteiger charge is 2.46. The van der Waals surface area contributed by atoms with Gasteiger partial charge in [0.25, 0.3) is 0 Å². The van der Waals surface area contributed by atoms with Crippen LogP contribution in [0.4, 0.5) is 16.2 Å². The number of nitrogens with one attached hydrogen (secondary N) is 1. The summed E-state index contributed by atoms with van der Waals surface area (Å²) in [7, 11) is 1.48. The van der Waals surface area contributed by atoms with Crippen molar-refractivity contribution in [2.75, 3.05) is 23.9 Å². The van der Waals surface area contributed by atoms with Crippen molar-refractivity contribution < 1.29 is 23.9 Å². The van der Waals surface area contributed by atoms with Gasteiger partial charge in [-0.3, -0.25) is 14.4 Å². The lowest BCUT2D eigenvalue weighted by molar-refractivity contribution is -0.140. The molecular formula is C19H16ClN3O5. The first-order chi connectivity index (χ1) is 13.3. The summed E-state index contributed by atoms with van der Waals surface area (Å²) in [6.45, 7) is 1.13. The Morgan fingerprint density at radius 2 is 1.75 bits per heavy atom. The number of nitrogens with zero attached hydrogens (tertiary/aromatic N) is 2. The van der Waals surface area contributed by atoms with Crippen molar-refractivity contribution in [3.63, 3.8) is 0 Å². The molecule has 0 spiro atoms. The van der Waals surface area contributed by atoms with Crippen LogP contribution in [0.5, 0.6) is 5.75 Å². The summed E-state index contributed by atoms with van der Waals surface area (Å²) < 4.78 is 5.03. The van der Waals surface area contributed by atoms with Crippen LogP contribution in [-0.2, 0) is 14.4 Å². The first-order valence-corrected chi connectivity index (χ1v) is 8.60. The number of ether oxygens (including phenoxy) is 1. The maximum absolute atomic E-state index is 12.6. The molecule has 0 aliphatic carbocycles. The Morgan fingerprint density at radius 1 is 1.07 bits per heavy atom. The SMILES string of the molecule is COc1ccc(N2C(=O)C(=O)N(CC(=O)Nc3cccc(Cl)c3C)C2=O)cc1. The lowest BCUT2D eigenvalue weighted by Gasteiger charge is -2.16. The first-order valence-electron chi connectivity index (χ1n) is 8.22.